The lowest BCUT2D eigenvalue weighted by molar-refractivity contribution is -0.132. The molecule has 2 aliphatic rings. The first-order chi connectivity index (χ1) is 11.5. The summed E-state index contributed by atoms with van der Waals surface area (Å²) in [5.74, 6) is -1.94. The molecule has 2 N–H and O–H groups in total. The lowest BCUT2D eigenvalue weighted by Gasteiger charge is -2.21. The summed E-state index contributed by atoms with van der Waals surface area (Å²) >= 11 is 0. The molecule has 0 spiro atoms. The van der Waals surface area contributed by atoms with Crippen LogP contribution in [0.15, 0.2) is 18.2 Å². The van der Waals surface area contributed by atoms with Crippen LogP contribution in [-0.4, -0.2) is 54.3 Å². The molecule has 0 radical (unpaired) electrons. The fraction of sp³-hybridized carbons (Fsp3) is 0.529. The largest absolute Gasteiger partial charge is 0.369 e. The predicted octanol–water partition coefficient (Wildman–Crippen LogP) is 1.09. The van der Waals surface area contributed by atoms with Crippen LogP contribution in [0.3, 0.4) is 0 Å². The van der Waals surface area contributed by atoms with Gasteiger partial charge in [-0.1, -0.05) is 6.07 Å². The topological polar surface area (TPSA) is 66.6 Å². The van der Waals surface area contributed by atoms with Crippen LogP contribution >= 0.6 is 0 Å². The molecule has 2 fully saturated rings. The Labute approximate surface area is 139 Å². The first-order valence-corrected chi connectivity index (χ1v) is 8.20. The number of carbonyl (C=O) groups is 2. The van der Waals surface area contributed by atoms with E-state index in [4.69, 9.17) is 5.73 Å². The fourth-order valence-corrected chi connectivity index (χ4v) is 3.42. The van der Waals surface area contributed by atoms with E-state index in [2.05, 4.69) is 0 Å². The summed E-state index contributed by atoms with van der Waals surface area (Å²) in [5, 5.41) is 0. The third kappa shape index (κ3) is 3.72. The summed E-state index contributed by atoms with van der Waals surface area (Å²) in [5.41, 5.74) is 5.63. The highest BCUT2D eigenvalue weighted by molar-refractivity contribution is 5.83. The Kier molecular flexibility index (Phi) is 4.80. The molecule has 24 heavy (non-hydrogen) atoms. The van der Waals surface area contributed by atoms with Crippen LogP contribution < -0.4 is 5.73 Å². The second-order valence-electron chi connectivity index (χ2n) is 6.54. The van der Waals surface area contributed by atoms with Gasteiger partial charge in [-0.05, 0) is 30.4 Å². The molecule has 130 valence electrons. The van der Waals surface area contributed by atoms with E-state index in [-0.39, 0.29) is 30.2 Å². The van der Waals surface area contributed by atoms with Gasteiger partial charge >= 0.3 is 0 Å². The van der Waals surface area contributed by atoms with Crippen molar-refractivity contribution in [3.05, 3.63) is 35.4 Å². The van der Waals surface area contributed by atoms with E-state index in [1.54, 1.807) is 4.90 Å². The molecule has 0 unspecified atom stereocenters. The number of hydrogen-bond acceptors (Lipinski definition) is 3. The molecule has 1 heterocycles. The van der Waals surface area contributed by atoms with Crippen molar-refractivity contribution in [3.63, 3.8) is 0 Å². The van der Waals surface area contributed by atoms with Crippen molar-refractivity contribution >= 4 is 11.8 Å². The minimum Gasteiger partial charge on any atom is -0.369 e. The number of amides is 2. The Balaban J connectivity index is 1.59. The molecule has 3 rings (SSSR count). The zero-order valence-electron chi connectivity index (χ0n) is 13.4. The molecule has 1 aromatic rings. The molecular formula is C17H21F2N3O2. The smallest absolute Gasteiger partial charge is 0.231 e. The highest BCUT2D eigenvalue weighted by atomic mass is 19.1. The van der Waals surface area contributed by atoms with Gasteiger partial charge in [0.1, 0.15) is 11.6 Å². The van der Waals surface area contributed by atoms with Crippen molar-refractivity contribution < 1.29 is 18.4 Å². The Morgan fingerprint density at radius 1 is 1.17 bits per heavy atom. The summed E-state index contributed by atoms with van der Waals surface area (Å²) in [6.07, 6.45) is 1.38. The van der Waals surface area contributed by atoms with Crippen molar-refractivity contribution in [2.24, 2.45) is 11.7 Å². The first kappa shape index (κ1) is 16.8. The minimum atomic E-state index is -0.609. The van der Waals surface area contributed by atoms with Gasteiger partial charge in [0.15, 0.2) is 0 Å². The molecule has 1 saturated heterocycles. The quantitative estimate of drug-likeness (QED) is 0.894. The summed E-state index contributed by atoms with van der Waals surface area (Å²) in [6, 6.07) is 3.52. The number of rotatable bonds is 4. The molecule has 0 aromatic heterocycles. The maximum atomic E-state index is 13.8. The van der Waals surface area contributed by atoms with E-state index in [0.717, 1.165) is 19.0 Å². The second kappa shape index (κ2) is 6.84. The van der Waals surface area contributed by atoms with Gasteiger partial charge in [0.05, 0.1) is 6.54 Å². The standard InChI is InChI=1S/C17H21F2N3O2/c18-11-2-3-12(15(19)8-11)13-9-14(13)17(24)22-5-1-4-21(6-7-22)10-16(20)23/h2-3,8,13-14H,1,4-7,9-10H2,(H2,20,23)/t13-,14-/m1/s1. The van der Waals surface area contributed by atoms with E-state index in [1.165, 1.54) is 12.1 Å². The van der Waals surface area contributed by atoms with Crippen LogP contribution in [0.2, 0.25) is 0 Å². The molecule has 1 aromatic carbocycles. The summed E-state index contributed by atoms with van der Waals surface area (Å²) in [7, 11) is 0. The third-order valence-electron chi connectivity index (χ3n) is 4.75. The van der Waals surface area contributed by atoms with Crippen LogP contribution in [0, 0.1) is 17.6 Å². The SMILES string of the molecule is NC(=O)CN1CCCN(C(=O)[C@@H]2C[C@@H]2c2ccc(F)cc2F)CC1. The summed E-state index contributed by atoms with van der Waals surface area (Å²) < 4.78 is 26.8. The van der Waals surface area contributed by atoms with Gasteiger partial charge in [-0.3, -0.25) is 14.5 Å². The van der Waals surface area contributed by atoms with E-state index in [1.807, 2.05) is 4.90 Å². The Morgan fingerprint density at radius 2 is 1.96 bits per heavy atom. The Hall–Kier alpha value is -2.02. The number of hydrogen-bond donors (Lipinski definition) is 1. The molecule has 1 aliphatic heterocycles. The van der Waals surface area contributed by atoms with E-state index in [9.17, 15) is 18.4 Å². The van der Waals surface area contributed by atoms with Gasteiger partial charge in [0.2, 0.25) is 11.8 Å². The van der Waals surface area contributed by atoms with E-state index < -0.39 is 11.6 Å². The monoisotopic (exact) mass is 337 g/mol. The average molecular weight is 337 g/mol. The van der Waals surface area contributed by atoms with E-state index >= 15 is 0 Å². The van der Waals surface area contributed by atoms with Gasteiger partial charge in [-0.25, -0.2) is 8.78 Å². The Morgan fingerprint density at radius 3 is 2.67 bits per heavy atom. The molecule has 7 heteroatoms. The van der Waals surface area contributed by atoms with Crippen molar-refractivity contribution in [3.8, 4) is 0 Å². The average Bonchev–Trinajstić information content (AvgIpc) is 3.30. The predicted molar refractivity (Wildman–Crippen MR) is 84.0 cm³/mol. The molecule has 5 nitrogen and oxygen atoms in total. The lowest BCUT2D eigenvalue weighted by Crippen LogP contribution is -2.38. The number of nitrogens with two attached hydrogens (primary N) is 1. The fourth-order valence-electron chi connectivity index (χ4n) is 3.42. The van der Waals surface area contributed by atoms with E-state index in [0.29, 0.717) is 31.6 Å². The van der Waals surface area contributed by atoms with Crippen molar-refractivity contribution in [1.29, 1.82) is 0 Å². The van der Waals surface area contributed by atoms with Gasteiger partial charge in [-0.15, -0.1) is 0 Å². The van der Waals surface area contributed by atoms with Gasteiger partial charge in [0, 0.05) is 38.2 Å². The normalized spacial score (nSPS) is 24.5. The molecule has 2 atom stereocenters. The van der Waals surface area contributed by atoms with Gasteiger partial charge in [0.25, 0.3) is 0 Å². The van der Waals surface area contributed by atoms with Gasteiger partial charge < -0.3 is 10.6 Å². The maximum Gasteiger partial charge on any atom is 0.231 e. The number of nitrogens with zero attached hydrogens (tertiary/aromatic N) is 2. The molecular weight excluding hydrogens is 316 g/mol. The molecule has 2 amide bonds. The number of primary amides is 1. The van der Waals surface area contributed by atoms with Crippen LogP contribution in [0.4, 0.5) is 8.78 Å². The van der Waals surface area contributed by atoms with Crippen molar-refractivity contribution in [2.45, 2.75) is 18.8 Å². The van der Waals surface area contributed by atoms with Crippen LogP contribution in [0.25, 0.3) is 0 Å². The zero-order valence-corrected chi connectivity index (χ0v) is 13.4. The maximum absolute atomic E-state index is 13.8. The third-order valence-corrected chi connectivity index (χ3v) is 4.75. The number of carbonyl (C=O) groups excluding carboxylic acids is 2. The van der Waals surface area contributed by atoms with Crippen LogP contribution in [-0.2, 0) is 9.59 Å². The summed E-state index contributed by atoms with van der Waals surface area (Å²) in [6.45, 7) is 2.71. The number of halogens is 2. The second-order valence-corrected chi connectivity index (χ2v) is 6.54. The highest BCUT2D eigenvalue weighted by Gasteiger charge is 2.47. The Bertz CT molecular complexity index is 653. The summed E-state index contributed by atoms with van der Waals surface area (Å²) in [4.78, 5) is 27.4. The molecule has 1 aliphatic carbocycles. The number of benzene rings is 1. The highest BCUT2D eigenvalue weighted by Crippen LogP contribution is 2.49. The molecule has 0 bridgehead atoms. The molecule has 1 saturated carbocycles. The lowest BCUT2D eigenvalue weighted by atomic mass is 10.1. The van der Waals surface area contributed by atoms with Gasteiger partial charge in [-0.2, -0.15) is 0 Å². The minimum absolute atomic E-state index is 0.0182. The van der Waals surface area contributed by atoms with Crippen molar-refractivity contribution in [2.75, 3.05) is 32.7 Å². The van der Waals surface area contributed by atoms with Crippen LogP contribution in [0.1, 0.15) is 24.3 Å². The van der Waals surface area contributed by atoms with Crippen molar-refractivity contribution in [1.82, 2.24) is 9.80 Å². The van der Waals surface area contributed by atoms with Crippen LogP contribution in [0.5, 0.6) is 0 Å². The zero-order chi connectivity index (χ0) is 17.3. The first-order valence-electron chi connectivity index (χ1n) is 8.20.